The van der Waals surface area contributed by atoms with Crippen molar-refractivity contribution in [3.8, 4) is 5.75 Å². The van der Waals surface area contributed by atoms with E-state index in [1.54, 1.807) is 38.1 Å². The number of hydrogen-bond acceptors (Lipinski definition) is 4. The highest BCUT2D eigenvalue weighted by Gasteiger charge is 2.66. The first-order valence-corrected chi connectivity index (χ1v) is 8.15. The molecule has 0 aromatic heterocycles. The van der Waals surface area contributed by atoms with E-state index in [1.807, 2.05) is 6.92 Å². The van der Waals surface area contributed by atoms with E-state index < -0.39 is 22.8 Å². The van der Waals surface area contributed by atoms with Crippen LogP contribution in [0.5, 0.6) is 5.75 Å². The molecule has 1 amide bonds. The number of carbonyl (C=O) groups is 2. The topological polar surface area (TPSA) is 84.9 Å². The number of carbonyl (C=O) groups excluding carboxylic acids is 1. The van der Waals surface area contributed by atoms with Crippen molar-refractivity contribution in [1.82, 2.24) is 5.32 Å². The maximum absolute atomic E-state index is 12.2. The van der Waals surface area contributed by atoms with Crippen LogP contribution in [0.25, 0.3) is 0 Å². The van der Waals surface area contributed by atoms with Gasteiger partial charge < -0.3 is 19.9 Å². The molecule has 1 fully saturated rings. The summed E-state index contributed by atoms with van der Waals surface area (Å²) < 4.78 is 10.9. The Bertz CT molecular complexity index is 616. The molecule has 2 unspecified atom stereocenters. The van der Waals surface area contributed by atoms with Crippen molar-refractivity contribution in [3.63, 3.8) is 0 Å². The van der Waals surface area contributed by atoms with Gasteiger partial charge in [0.1, 0.15) is 11.3 Å². The SMILES string of the molecule is CCOC1CC(NC(=O)COc2ccc(Cl)cc2)(C(=O)O)C1(C)C. The Morgan fingerprint density at radius 3 is 2.46 bits per heavy atom. The number of carboxylic acid groups (broad SMARTS) is 1. The average Bonchev–Trinajstić information content (AvgIpc) is 2.52. The number of benzene rings is 1. The first-order chi connectivity index (χ1) is 11.2. The zero-order valence-corrected chi connectivity index (χ0v) is 14.7. The van der Waals surface area contributed by atoms with Gasteiger partial charge in [-0.1, -0.05) is 25.4 Å². The Labute approximate surface area is 146 Å². The van der Waals surface area contributed by atoms with E-state index in [0.29, 0.717) is 17.4 Å². The molecular weight excluding hydrogens is 334 g/mol. The third kappa shape index (κ3) is 3.35. The maximum Gasteiger partial charge on any atom is 0.330 e. The fraction of sp³-hybridized carbons (Fsp3) is 0.529. The molecule has 0 heterocycles. The minimum Gasteiger partial charge on any atom is -0.484 e. The summed E-state index contributed by atoms with van der Waals surface area (Å²) in [7, 11) is 0. The molecule has 0 spiro atoms. The van der Waals surface area contributed by atoms with Crippen LogP contribution in [-0.2, 0) is 14.3 Å². The third-order valence-corrected chi connectivity index (χ3v) is 4.92. The lowest BCUT2D eigenvalue weighted by Gasteiger charge is -2.58. The van der Waals surface area contributed by atoms with E-state index in [9.17, 15) is 14.7 Å². The number of hydrogen-bond donors (Lipinski definition) is 2. The Kier molecular flexibility index (Phi) is 5.40. The summed E-state index contributed by atoms with van der Waals surface area (Å²) in [5.74, 6) is -1.07. The molecule has 0 aliphatic heterocycles. The van der Waals surface area contributed by atoms with Gasteiger partial charge >= 0.3 is 5.97 Å². The molecule has 1 aromatic carbocycles. The predicted molar refractivity (Wildman–Crippen MR) is 89.3 cm³/mol. The molecule has 2 rings (SSSR count). The van der Waals surface area contributed by atoms with Gasteiger partial charge in [-0.2, -0.15) is 0 Å². The number of rotatable bonds is 7. The molecule has 1 aromatic rings. The Morgan fingerprint density at radius 2 is 1.96 bits per heavy atom. The summed E-state index contributed by atoms with van der Waals surface area (Å²) in [5, 5.41) is 12.8. The molecule has 1 aliphatic rings. The maximum atomic E-state index is 12.2. The van der Waals surface area contributed by atoms with Gasteiger partial charge in [-0.3, -0.25) is 4.79 Å². The monoisotopic (exact) mass is 355 g/mol. The number of amides is 1. The molecule has 0 radical (unpaired) electrons. The molecule has 2 atom stereocenters. The van der Waals surface area contributed by atoms with Gasteiger partial charge in [-0.25, -0.2) is 4.79 Å². The van der Waals surface area contributed by atoms with Gasteiger partial charge in [0.15, 0.2) is 6.61 Å². The average molecular weight is 356 g/mol. The highest BCUT2D eigenvalue weighted by Crippen LogP contribution is 2.51. The summed E-state index contributed by atoms with van der Waals surface area (Å²) in [6.45, 7) is 5.65. The molecular formula is C17H22ClNO5. The van der Waals surface area contributed by atoms with Crippen LogP contribution in [0.15, 0.2) is 24.3 Å². The van der Waals surface area contributed by atoms with Crippen molar-refractivity contribution in [2.24, 2.45) is 5.41 Å². The molecule has 6 nitrogen and oxygen atoms in total. The highest BCUT2D eigenvalue weighted by molar-refractivity contribution is 6.30. The van der Waals surface area contributed by atoms with E-state index in [0.717, 1.165) is 0 Å². The first kappa shape index (κ1) is 18.5. The molecule has 24 heavy (non-hydrogen) atoms. The second-order valence-corrected chi connectivity index (χ2v) is 6.81. The van der Waals surface area contributed by atoms with Crippen LogP contribution in [0.1, 0.15) is 27.2 Å². The summed E-state index contributed by atoms with van der Waals surface area (Å²) in [6.07, 6.45) is 0.0200. The largest absolute Gasteiger partial charge is 0.484 e. The van der Waals surface area contributed by atoms with Crippen LogP contribution in [0.3, 0.4) is 0 Å². The smallest absolute Gasteiger partial charge is 0.330 e. The van der Waals surface area contributed by atoms with Crippen molar-refractivity contribution in [3.05, 3.63) is 29.3 Å². The first-order valence-electron chi connectivity index (χ1n) is 7.77. The van der Waals surface area contributed by atoms with E-state index >= 15 is 0 Å². The van der Waals surface area contributed by atoms with Gasteiger partial charge in [-0.15, -0.1) is 0 Å². The molecule has 132 valence electrons. The Hall–Kier alpha value is -1.79. The summed E-state index contributed by atoms with van der Waals surface area (Å²) in [6, 6.07) is 6.58. The second kappa shape index (κ2) is 6.99. The quantitative estimate of drug-likeness (QED) is 0.785. The second-order valence-electron chi connectivity index (χ2n) is 6.37. The fourth-order valence-electron chi connectivity index (χ4n) is 2.99. The predicted octanol–water partition coefficient (Wildman–Crippen LogP) is 2.49. The lowest BCUT2D eigenvalue weighted by molar-refractivity contribution is -0.194. The van der Waals surface area contributed by atoms with E-state index in [-0.39, 0.29) is 19.1 Å². The van der Waals surface area contributed by atoms with Gasteiger partial charge in [0.25, 0.3) is 5.91 Å². The lowest BCUT2D eigenvalue weighted by atomic mass is 9.54. The van der Waals surface area contributed by atoms with Gasteiger partial charge in [-0.05, 0) is 31.2 Å². The minimum absolute atomic E-state index is 0.212. The number of carboxylic acids is 1. The fourth-order valence-corrected chi connectivity index (χ4v) is 3.12. The summed E-state index contributed by atoms with van der Waals surface area (Å²) in [4.78, 5) is 24.0. The summed E-state index contributed by atoms with van der Waals surface area (Å²) >= 11 is 5.78. The Balaban J connectivity index is 2.00. The van der Waals surface area contributed by atoms with Crippen LogP contribution in [0.2, 0.25) is 5.02 Å². The van der Waals surface area contributed by atoms with Gasteiger partial charge in [0.2, 0.25) is 0 Å². The number of halogens is 1. The molecule has 0 bridgehead atoms. The van der Waals surface area contributed by atoms with Crippen LogP contribution >= 0.6 is 11.6 Å². The van der Waals surface area contributed by atoms with Crippen LogP contribution < -0.4 is 10.1 Å². The van der Waals surface area contributed by atoms with E-state index in [1.165, 1.54) is 0 Å². The van der Waals surface area contributed by atoms with Crippen molar-refractivity contribution >= 4 is 23.5 Å². The third-order valence-electron chi connectivity index (χ3n) is 4.67. The summed E-state index contributed by atoms with van der Waals surface area (Å²) in [5.41, 5.74) is -2.07. The van der Waals surface area contributed by atoms with Crippen molar-refractivity contribution in [1.29, 1.82) is 0 Å². The van der Waals surface area contributed by atoms with Crippen LogP contribution in [0, 0.1) is 5.41 Å². The minimum atomic E-state index is -1.35. The van der Waals surface area contributed by atoms with Gasteiger partial charge in [0, 0.05) is 23.5 Å². The van der Waals surface area contributed by atoms with Gasteiger partial charge in [0.05, 0.1) is 6.10 Å². The molecule has 1 aliphatic carbocycles. The number of ether oxygens (including phenoxy) is 2. The molecule has 1 saturated carbocycles. The van der Waals surface area contributed by atoms with Crippen LogP contribution in [-0.4, -0.2) is 41.8 Å². The molecule has 2 N–H and O–H groups in total. The van der Waals surface area contributed by atoms with Crippen LogP contribution in [0.4, 0.5) is 0 Å². The Morgan fingerprint density at radius 1 is 1.33 bits per heavy atom. The zero-order chi connectivity index (χ0) is 18.0. The highest BCUT2D eigenvalue weighted by atomic mass is 35.5. The molecule has 7 heteroatoms. The van der Waals surface area contributed by atoms with E-state index in [4.69, 9.17) is 21.1 Å². The van der Waals surface area contributed by atoms with Crippen molar-refractivity contribution in [2.45, 2.75) is 38.8 Å². The number of aliphatic carboxylic acids is 1. The normalized spacial score (nSPS) is 24.8. The molecule has 0 saturated heterocycles. The zero-order valence-electron chi connectivity index (χ0n) is 14.0. The number of nitrogens with one attached hydrogen (secondary N) is 1. The van der Waals surface area contributed by atoms with Crippen molar-refractivity contribution < 1.29 is 24.2 Å². The van der Waals surface area contributed by atoms with E-state index in [2.05, 4.69) is 5.32 Å². The standard InChI is InChI=1S/C17H22ClNO5/c1-4-23-13-9-17(15(21)22,16(13,2)3)19-14(20)10-24-12-7-5-11(18)6-8-12/h5-8,13H,4,9-10H2,1-3H3,(H,19,20)(H,21,22). The lowest BCUT2D eigenvalue weighted by Crippen LogP contribution is -2.76. The van der Waals surface area contributed by atoms with Crippen molar-refractivity contribution in [2.75, 3.05) is 13.2 Å².